The van der Waals surface area contributed by atoms with Crippen molar-refractivity contribution in [2.75, 3.05) is 0 Å². The first-order valence-corrected chi connectivity index (χ1v) is 8.06. The van der Waals surface area contributed by atoms with Crippen LogP contribution >= 0.6 is 0 Å². The van der Waals surface area contributed by atoms with Gasteiger partial charge in [0.15, 0.2) is 0 Å². The van der Waals surface area contributed by atoms with Gasteiger partial charge in [0.2, 0.25) is 5.91 Å². The molecule has 0 spiro atoms. The van der Waals surface area contributed by atoms with Crippen LogP contribution in [0.4, 0.5) is 0 Å². The van der Waals surface area contributed by atoms with Crippen molar-refractivity contribution < 1.29 is 14.7 Å². The zero-order chi connectivity index (χ0) is 16.4. The van der Waals surface area contributed by atoms with Gasteiger partial charge in [-0.15, -0.1) is 0 Å². The third-order valence-electron chi connectivity index (χ3n) is 4.53. The van der Waals surface area contributed by atoms with Crippen LogP contribution in [0.15, 0.2) is 42.5 Å². The summed E-state index contributed by atoms with van der Waals surface area (Å²) >= 11 is 0. The summed E-state index contributed by atoms with van der Waals surface area (Å²) in [7, 11) is 0. The van der Waals surface area contributed by atoms with Crippen LogP contribution in [0, 0.1) is 5.92 Å². The first-order chi connectivity index (χ1) is 11.1. The molecule has 1 aliphatic carbocycles. The van der Waals surface area contributed by atoms with E-state index < -0.39 is 5.97 Å². The van der Waals surface area contributed by atoms with Crippen molar-refractivity contribution in [1.29, 1.82) is 0 Å². The number of carbonyl (C=O) groups excluding carboxylic acids is 1. The van der Waals surface area contributed by atoms with Gasteiger partial charge >= 0.3 is 5.97 Å². The van der Waals surface area contributed by atoms with Crippen LogP contribution in [0.25, 0.3) is 10.8 Å². The van der Waals surface area contributed by atoms with E-state index in [9.17, 15) is 9.59 Å². The summed E-state index contributed by atoms with van der Waals surface area (Å²) in [5.41, 5.74) is 1.24. The van der Waals surface area contributed by atoms with Crippen molar-refractivity contribution >= 4 is 22.6 Å². The normalized spacial score (nSPS) is 20.9. The number of nitrogens with one attached hydrogen (secondary N) is 1. The summed E-state index contributed by atoms with van der Waals surface area (Å²) in [6, 6.07) is 14.4. The lowest BCUT2D eigenvalue weighted by molar-refractivity contribution is -0.137. The van der Waals surface area contributed by atoms with Crippen LogP contribution in [0.5, 0.6) is 0 Å². The van der Waals surface area contributed by atoms with E-state index in [1.54, 1.807) is 0 Å². The minimum atomic E-state index is -0.828. The van der Waals surface area contributed by atoms with E-state index in [4.69, 9.17) is 5.11 Å². The molecule has 3 unspecified atom stereocenters. The summed E-state index contributed by atoms with van der Waals surface area (Å²) in [5.74, 6) is -0.507. The molecule has 3 rings (SSSR count). The van der Waals surface area contributed by atoms with Crippen LogP contribution in [0.3, 0.4) is 0 Å². The number of carboxylic acid groups (broad SMARTS) is 1. The highest BCUT2D eigenvalue weighted by molar-refractivity contribution is 5.89. The Morgan fingerprint density at radius 1 is 1.22 bits per heavy atom. The quantitative estimate of drug-likeness (QED) is 0.860. The second-order valence-electron chi connectivity index (χ2n) is 6.36. The third kappa shape index (κ3) is 3.52. The molecular weight excluding hydrogens is 290 g/mol. The Hall–Kier alpha value is -2.36. The molecule has 0 aromatic heterocycles. The molecule has 3 atom stereocenters. The molecule has 2 N–H and O–H groups in total. The Balaban J connectivity index is 1.64. The predicted octanol–water partition coefficient (Wildman–Crippen LogP) is 3.31. The van der Waals surface area contributed by atoms with Gasteiger partial charge in [-0.3, -0.25) is 9.59 Å². The summed E-state index contributed by atoms with van der Waals surface area (Å²) in [6.45, 7) is 1.86. The number of carbonyl (C=O) groups is 2. The molecule has 0 bridgehead atoms. The largest absolute Gasteiger partial charge is 0.481 e. The summed E-state index contributed by atoms with van der Waals surface area (Å²) in [6.07, 6.45) is 1.41. The Bertz CT molecular complexity index is 735. The van der Waals surface area contributed by atoms with Gasteiger partial charge in [-0.25, -0.2) is 0 Å². The lowest BCUT2D eigenvalue weighted by Gasteiger charge is -2.13. The fraction of sp³-hybridized carbons (Fsp3) is 0.368. The number of fused-ring (bicyclic) bond motifs is 1. The van der Waals surface area contributed by atoms with Gasteiger partial charge in [0.1, 0.15) is 0 Å². The van der Waals surface area contributed by atoms with Crippen molar-refractivity contribution in [1.82, 2.24) is 5.32 Å². The minimum Gasteiger partial charge on any atom is -0.481 e. The molecule has 0 saturated heterocycles. The molecule has 1 saturated carbocycles. The van der Waals surface area contributed by atoms with Crippen molar-refractivity contribution in [2.24, 2.45) is 5.92 Å². The molecule has 1 fully saturated rings. The van der Waals surface area contributed by atoms with E-state index in [-0.39, 0.29) is 30.2 Å². The summed E-state index contributed by atoms with van der Waals surface area (Å²) in [4.78, 5) is 22.9. The fourth-order valence-electron chi connectivity index (χ4n) is 3.16. The van der Waals surface area contributed by atoms with Crippen LogP contribution in [-0.4, -0.2) is 23.0 Å². The number of hydrogen-bond acceptors (Lipinski definition) is 2. The number of amides is 1. The lowest BCUT2D eigenvalue weighted by Crippen LogP contribution is -2.34. The standard InChI is InChI=1S/C19H21NO3/c1-12(9-10-18(21)22)20-19(23)17-11-16(17)15-8-4-6-13-5-2-3-7-14(13)15/h2-8,12,16-17H,9-11H2,1H3,(H,20,23)(H,21,22). The maximum absolute atomic E-state index is 12.3. The molecule has 4 heteroatoms. The lowest BCUT2D eigenvalue weighted by atomic mass is 10.00. The molecule has 2 aromatic carbocycles. The maximum atomic E-state index is 12.3. The second kappa shape index (κ2) is 6.41. The molecule has 1 amide bonds. The molecule has 0 aliphatic heterocycles. The van der Waals surface area contributed by atoms with Crippen molar-refractivity contribution in [2.45, 2.75) is 38.1 Å². The van der Waals surface area contributed by atoms with Crippen LogP contribution in [0.2, 0.25) is 0 Å². The van der Waals surface area contributed by atoms with Gasteiger partial charge in [-0.05, 0) is 42.0 Å². The first kappa shape index (κ1) is 15.5. The average molecular weight is 311 g/mol. The molecule has 0 radical (unpaired) electrons. The Morgan fingerprint density at radius 2 is 1.96 bits per heavy atom. The minimum absolute atomic E-state index is 0.00749. The number of carboxylic acids is 1. The zero-order valence-electron chi connectivity index (χ0n) is 13.2. The number of aliphatic carboxylic acids is 1. The Kier molecular flexibility index (Phi) is 4.33. The van der Waals surface area contributed by atoms with E-state index in [1.165, 1.54) is 16.3 Å². The molecule has 120 valence electrons. The van der Waals surface area contributed by atoms with E-state index in [1.807, 2.05) is 25.1 Å². The van der Waals surface area contributed by atoms with Gasteiger partial charge < -0.3 is 10.4 Å². The molecule has 0 heterocycles. The number of hydrogen-bond donors (Lipinski definition) is 2. The van der Waals surface area contributed by atoms with Crippen molar-refractivity contribution in [3.05, 3.63) is 48.0 Å². The number of rotatable bonds is 6. The Labute approximate surface area is 135 Å². The second-order valence-corrected chi connectivity index (χ2v) is 6.36. The van der Waals surface area contributed by atoms with Gasteiger partial charge in [-0.1, -0.05) is 42.5 Å². The SMILES string of the molecule is CC(CCC(=O)O)NC(=O)C1CC1c1cccc2ccccc12. The predicted molar refractivity (Wildman–Crippen MR) is 89.3 cm³/mol. The van der Waals surface area contributed by atoms with Crippen molar-refractivity contribution in [3.8, 4) is 0 Å². The average Bonchev–Trinajstić information content (AvgIpc) is 3.33. The molecule has 23 heavy (non-hydrogen) atoms. The van der Waals surface area contributed by atoms with E-state index >= 15 is 0 Å². The highest BCUT2D eigenvalue weighted by atomic mass is 16.4. The molecule has 4 nitrogen and oxygen atoms in total. The monoisotopic (exact) mass is 311 g/mol. The smallest absolute Gasteiger partial charge is 0.303 e. The van der Waals surface area contributed by atoms with E-state index in [0.717, 1.165) is 6.42 Å². The van der Waals surface area contributed by atoms with Crippen LogP contribution in [-0.2, 0) is 9.59 Å². The summed E-state index contributed by atoms with van der Waals surface area (Å²) in [5, 5.41) is 14.1. The van der Waals surface area contributed by atoms with Crippen molar-refractivity contribution in [3.63, 3.8) is 0 Å². The van der Waals surface area contributed by atoms with Crippen LogP contribution < -0.4 is 5.32 Å². The first-order valence-electron chi connectivity index (χ1n) is 8.06. The summed E-state index contributed by atoms with van der Waals surface area (Å²) < 4.78 is 0. The number of benzene rings is 2. The molecule has 1 aliphatic rings. The third-order valence-corrected chi connectivity index (χ3v) is 4.53. The van der Waals surface area contributed by atoms with E-state index in [0.29, 0.717) is 6.42 Å². The Morgan fingerprint density at radius 3 is 2.74 bits per heavy atom. The topological polar surface area (TPSA) is 66.4 Å². The van der Waals surface area contributed by atoms with Gasteiger partial charge in [0.05, 0.1) is 0 Å². The van der Waals surface area contributed by atoms with Gasteiger partial charge in [0, 0.05) is 18.4 Å². The molecular formula is C19H21NO3. The highest BCUT2D eigenvalue weighted by Crippen LogP contribution is 2.49. The van der Waals surface area contributed by atoms with Gasteiger partial charge in [0.25, 0.3) is 0 Å². The zero-order valence-corrected chi connectivity index (χ0v) is 13.2. The maximum Gasteiger partial charge on any atom is 0.303 e. The van der Waals surface area contributed by atoms with E-state index in [2.05, 4.69) is 29.6 Å². The van der Waals surface area contributed by atoms with Gasteiger partial charge in [-0.2, -0.15) is 0 Å². The molecule has 2 aromatic rings. The fourth-order valence-corrected chi connectivity index (χ4v) is 3.16. The highest BCUT2D eigenvalue weighted by Gasteiger charge is 2.44. The van der Waals surface area contributed by atoms with Crippen LogP contribution in [0.1, 0.15) is 37.7 Å².